The van der Waals surface area contributed by atoms with E-state index in [0.29, 0.717) is 20.8 Å². The van der Waals surface area contributed by atoms with Gasteiger partial charge in [-0.1, -0.05) is 53.5 Å². The minimum atomic E-state index is -1.10. The average molecular weight is 637 g/mol. The van der Waals surface area contributed by atoms with Crippen molar-refractivity contribution in [2.45, 2.75) is 25.5 Å². The lowest BCUT2D eigenvalue weighted by Gasteiger charge is -2.21. The first-order chi connectivity index (χ1) is 18.6. The van der Waals surface area contributed by atoms with E-state index in [9.17, 15) is 14.4 Å². The van der Waals surface area contributed by atoms with Crippen LogP contribution in [0.1, 0.15) is 18.1 Å². The maximum atomic E-state index is 13.0. The van der Waals surface area contributed by atoms with Crippen LogP contribution in [0.2, 0.25) is 10.0 Å². The Morgan fingerprint density at radius 2 is 1.74 bits per heavy atom. The first-order valence-corrected chi connectivity index (χ1v) is 13.1. The van der Waals surface area contributed by atoms with Crippen molar-refractivity contribution < 1.29 is 29.0 Å². The summed E-state index contributed by atoms with van der Waals surface area (Å²) in [4.78, 5) is 36.6. The van der Waals surface area contributed by atoms with E-state index in [1.165, 1.54) is 19.2 Å². The maximum absolute atomic E-state index is 13.0. The summed E-state index contributed by atoms with van der Waals surface area (Å²) < 4.78 is 11.4. The van der Waals surface area contributed by atoms with Crippen LogP contribution < -0.4 is 20.2 Å². The predicted molar refractivity (Wildman–Crippen MR) is 152 cm³/mol. The van der Waals surface area contributed by atoms with Crippen LogP contribution in [0.25, 0.3) is 0 Å². The minimum absolute atomic E-state index is 0.212. The quantitative estimate of drug-likeness (QED) is 0.192. The van der Waals surface area contributed by atoms with Crippen LogP contribution in [0.3, 0.4) is 0 Å². The molecule has 0 saturated heterocycles. The first-order valence-electron chi connectivity index (χ1n) is 11.6. The molecule has 2 amide bonds. The van der Waals surface area contributed by atoms with Crippen molar-refractivity contribution in [3.05, 3.63) is 92.4 Å². The first kappa shape index (κ1) is 29.9. The van der Waals surface area contributed by atoms with Gasteiger partial charge < -0.3 is 19.9 Å². The van der Waals surface area contributed by atoms with Crippen molar-refractivity contribution in [3.63, 3.8) is 0 Å². The lowest BCUT2D eigenvalue weighted by atomic mass is 10.1. The molecule has 0 aliphatic heterocycles. The molecule has 0 unspecified atom stereocenters. The van der Waals surface area contributed by atoms with Crippen LogP contribution in [0, 0.1) is 0 Å². The van der Waals surface area contributed by atoms with Gasteiger partial charge in [0.1, 0.15) is 17.5 Å². The summed E-state index contributed by atoms with van der Waals surface area (Å²) in [5, 5.41) is 16.1. The van der Waals surface area contributed by atoms with Gasteiger partial charge in [0.15, 0.2) is 12.7 Å². The van der Waals surface area contributed by atoms with Crippen molar-refractivity contribution in [2.24, 2.45) is 5.10 Å². The number of nitrogens with one attached hydrogen (secondary N) is 2. The molecule has 0 radical (unpaired) electrons. The van der Waals surface area contributed by atoms with E-state index >= 15 is 0 Å². The third-order valence-corrected chi connectivity index (χ3v) is 6.33. The van der Waals surface area contributed by atoms with Crippen molar-refractivity contribution in [1.29, 1.82) is 0 Å². The normalized spacial score (nSPS) is 12.4. The third-order valence-electron chi connectivity index (χ3n) is 5.18. The maximum Gasteiger partial charge on any atom is 0.341 e. The Hall–Kier alpha value is -3.60. The largest absolute Gasteiger partial charge is 0.481 e. The molecule has 0 spiro atoms. The molecule has 0 saturated carbocycles. The summed E-state index contributed by atoms with van der Waals surface area (Å²) in [6, 6.07) is 17.8. The molecule has 0 bridgehead atoms. The number of carbonyl (C=O) groups excluding carboxylic acids is 2. The number of rotatable bonds is 12. The summed E-state index contributed by atoms with van der Waals surface area (Å²) in [6.45, 7) is 1.06. The smallest absolute Gasteiger partial charge is 0.341 e. The van der Waals surface area contributed by atoms with Gasteiger partial charge in [0.2, 0.25) is 0 Å². The summed E-state index contributed by atoms with van der Waals surface area (Å²) in [5.74, 6) is -1.53. The molecule has 0 aliphatic rings. The van der Waals surface area contributed by atoms with Gasteiger partial charge in [0.05, 0.1) is 15.7 Å². The van der Waals surface area contributed by atoms with Crippen LogP contribution in [0.15, 0.2) is 76.3 Å². The van der Waals surface area contributed by atoms with Crippen LogP contribution >= 0.6 is 39.1 Å². The van der Waals surface area contributed by atoms with Crippen LogP contribution in [-0.4, -0.2) is 47.9 Å². The van der Waals surface area contributed by atoms with Gasteiger partial charge >= 0.3 is 5.97 Å². The number of aliphatic carboxylic acids is 1. The van der Waals surface area contributed by atoms with Crippen molar-refractivity contribution in [2.75, 3.05) is 6.61 Å². The lowest BCUT2D eigenvalue weighted by molar-refractivity contribution is -0.139. The standard InChI is InChI=1S/C27H24BrCl2N3O6/c1-16(39-24-10-8-19(29)13-21(24)30)26(36)32-22(12-17-5-3-2-4-6-17)27(37)33-31-14-18-7-9-23(20(28)11-18)38-15-25(34)35/h2-11,13-14,16,22H,12,15H2,1H3,(H,32,36)(H,33,37)(H,34,35)/b31-14-/t16-,22+/m0/s1. The number of ether oxygens (including phenoxy) is 2. The van der Waals surface area contributed by atoms with Gasteiger partial charge in [0, 0.05) is 11.4 Å². The van der Waals surface area contributed by atoms with Crippen molar-refractivity contribution in [3.8, 4) is 11.5 Å². The number of hydrazone groups is 1. The van der Waals surface area contributed by atoms with E-state index in [1.54, 1.807) is 30.3 Å². The molecule has 3 N–H and O–H groups in total. The van der Waals surface area contributed by atoms with Gasteiger partial charge in [0.25, 0.3) is 11.8 Å². The highest BCUT2D eigenvalue weighted by Gasteiger charge is 2.25. The van der Waals surface area contributed by atoms with Crippen LogP contribution in [0.4, 0.5) is 0 Å². The summed E-state index contributed by atoms with van der Waals surface area (Å²) in [6.07, 6.45) is 0.653. The van der Waals surface area contributed by atoms with Crippen molar-refractivity contribution >= 4 is 63.1 Å². The Morgan fingerprint density at radius 3 is 2.41 bits per heavy atom. The number of amides is 2. The molecular weight excluding hydrogens is 613 g/mol. The van der Waals surface area contributed by atoms with Crippen molar-refractivity contribution in [1.82, 2.24) is 10.7 Å². The molecule has 39 heavy (non-hydrogen) atoms. The Kier molecular flexibility index (Phi) is 11.2. The molecule has 9 nitrogen and oxygen atoms in total. The second kappa shape index (κ2) is 14.5. The molecule has 0 aromatic heterocycles. The van der Waals surface area contributed by atoms with Gasteiger partial charge in [-0.3, -0.25) is 9.59 Å². The van der Waals surface area contributed by atoms with Crippen LogP contribution in [0.5, 0.6) is 11.5 Å². The highest BCUT2D eigenvalue weighted by Crippen LogP contribution is 2.28. The second-order valence-corrected chi connectivity index (χ2v) is 9.89. The Balaban J connectivity index is 1.67. The predicted octanol–water partition coefficient (Wildman–Crippen LogP) is 4.86. The number of carbonyl (C=O) groups is 3. The van der Waals surface area contributed by atoms with E-state index in [2.05, 4.69) is 31.8 Å². The molecule has 3 aromatic carbocycles. The molecule has 12 heteroatoms. The SMILES string of the molecule is C[C@H](Oc1ccc(Cl)cc1Cl)C(=O)N[C@H](Cc1ccccc1)C(=O)N/N=C\c1ccc(OCC(=O)O)c(Br)c1. The summed E-state index contributed by atoms with van der Waals surface area (Å²) in [5.41, 5.74) is 3.89. The number of carboxylic acid groups (broad SMARTS) is 1. The topological polar surface area (TPSA) is 126 Å². The Morgan fingerprint density at radius 1 is 1.03 bits per heavy atom. The molecule has 204 valence electrons. The highest BCUT2D eigenvalue weighted by molar-refractivity contribution is 9.10. The summed E-state index contributed by atoms with van der Waals surface area (Å²) >= 11 is 15.4. The molecule has 2 atom stereocenters. The third kappa shape index (κ3) is 9.58. The number of hydrogen-bond donors (Lipinski definition) is 3. The minimum Gasteiger partial charge on any atom is -0.481 e. The van der Waals surface area contributed by atoms with Gasteiger partial charge in [-0.2, -0.15) is 5.10 Å². The zero-order chi connectivity index (χ0) is 28.4. The summed E-state index contributed by atoms with van der Waals surface area (Å²) in [7, 11) is 0. The number of benzene rings is 3. The highest BCUT2D eigenvalue weighted by atomic mass is 79.9. The number of hydrogen-bond acceptors (Lipinski definition) is 6. The number of nitrogens with zero attached hydrogens (tertiary/aromatic N) is 1. The fraction of sp³-hybridized carbons (Fsp3) is 0.185. The van der Waals surface area contributed by atoms with Gasteiger partial charge in [-0.15, -0.1) is 0 Å². The van der Waals surface area contributed by atoms with Gasteiger partial charge in [-0.25, -0.2) is 10.2 Å². The molecule has 0 aliphatic carbocycles. The molecule has 0 heterocycles. The van der Waals surface area contributed by atoms with E-state index in [0.717, 1.165) is 5.56 Å². The average Bonchev–Trinajstić information content (AvgIpc) is 2.89. The second-order valence-electron chi connectivity index (χ2n) is 8.19. The number of halogens is 3. The lowest BCUT2D eigenvalue weighted by Crippen LogP contribution is -2.50. The molecule has 3 aromatic rings. The fourth-order valence-electron chi connectivity index (χ4n) is 3.27. The van der Waals surface area contributed by atoms with E-state index < -0.39 is 36.5 Å². The zero-order valence-electron chi connectivity index (χ0n) is 20.6. The van der Waals surface area contributed by atoms with E-state index in [1.807, 2.05) is 30.3 Å². The zero-order valence-corrected chi connectivity index (χ0v) is 23.7. The Labute approximate surface area is 243 Å². The molecular formula is C27H24BrCl2N3O6. The van der Waals surface area contributed by atoms with Gasteiger partial charge in [-0.05, 0) is 70.4 Å². The van der Waals surface area contributed by atoms with Crippen LogP contribution in [-0.2, 0) is 20.8 Å². The monoisotopic (exact) mass is 635 g/mol. The number of carboxylic acids is 1. The van der Waals surface area contributed by atoms with E-state index in [4.69, 9.17) is 37.8 Å². The fourth-order valence-corrected chi connectivity index (χ4v) is 4.23. The molecule has 0 fully saturated rings. The van der Waals surface area contributed by atoms with E-state index in [-0.39, 0.29) is 17.2 Å². The Bertz CT molecular complexity index is 1360. The molecule has 3 rings (SSSR count).